The average Bonchev–Trinajstić information content (AvgIpc) is 2.80. The van der Waals surface area contributed by atoms with Crippen LogP contribution < -0.4 is 10.3 Å². The van der Waals surface area contributed by atoms with Crippen molar-refractivity contribution < 1.29 is 14.3 Å². The van der Waals surface area contributed by atoms with Gasteiger partial charge in [0.25, 0.3) is 11.5 Å². The molecule has 4 rings (SSSR count). The number of carbonyl (C=O) groups excluding carboxylic acids is 1. The Hall–Kier alpha value is -3.96. The number of hydrogen-bond acceptors (Lipinski definition) is 6. The molecule has 3 heterocycles. The maximum atomic E-state index is 13.4. The van der Waals surface area contributed by atoms with Gasteiger partial charge in [-0.25, -0.2) is 0 Å². The molecule has 0 atom stereocenters. The highest BCUT2D eigenvalue weighted by atomic mass is 16.5. The highest BCUT2D eigenvalue weighted by Gasteiger charge is 2.23. The standard InChI is InChI=1S/C24H22N4O4/c1-16-5-3-7-19(13-16)32-22-20(24(30)28-8-4-6-17(2)21(28)26-22)14-18(15-25)23(29)27-9-11-31-12-10-27/h3-8,13-14H,9-12H2,1-2H3. The smallest absolute Gasteiger partial charge is 0.269 e. The van der Waals surface area contributed by atoms with Crippen molar-refractivity contribution in [3.8, 4) is 17.7 Å². The van der Waals surface area contributed by atoms with Gasteiger partial charge in [0.15, 0.2) is 0 Å². The summed E-state index contributed by atoms with van der Waals surface area (Å²) in [5.74, 6) is 0.0889. The molecule has 0 saturated carbocycles. The fourth-order valence-corrected chi connectivity index (χ4v) is 3.51. The number of fused-ring (bicyclic) bond motifs is 1. The predicted molar refractivity (Wildman–Crippen MR) is 118 cm³/mol. The Balaban J connectivity index is 1.87. The van der Waals surface area contributed by atoms with Crippen LogP contribution in [0.1, 0.15) is 16.7 Å². The predicted octanol–water partition coefficient (Wildman–Crippen LogP) is 2.87. The van der Waals surface area contributed by atoms with Crippen LogP contribution in [0.3, 0.4) is 0 Å². The van der Waals surface area contributed by atoms with Crippen LogP contribution in [0, 0.1) is 25.2 Å². The minimum Gasteiger partial charge on any atom is -0.438 e. The van der Waals surface area contributed by atoms with E-state index < -0.39 is 11.5 Å². The first-order valence-electron chi connectivity index (χ1n) is 10.2. The van der Waals surface area contributed by atoms with Crippen LogP contribution in [-0.2, 0) is 9.53 Å². The largest absolute Gasteiger partial charge is 0.438 e. The summed E-state index contributed by atoms with van der Waals surface area (Å²) in [4.78, 5) is 32.3. The van der Waals surface area contributed by atoms with Gasteiger partial charge in [-0.1, -0.05) is 18.2 Å². The maximum absolute atomic E-state index is 13.4. The number of aromatic nitrogens is 2. The van der Waals surface area contributed by atoms with E-state index in [4.69, 9.17) is 9.47 Å². The number of nitriles is 1. The second-order valence-corrected chi connectivity index (χ2v) is 7.51. The van der Waals surface area contributed by atoms with E-state index in [0.717, 1.165) is 11.1 Å². The molecule has 1 saturated heterocycles. The number of rotatable bonds is 4. The molecule has 1 fully saturated rings. The number of ether oxygens (including phenoxy) is 2. The lowest BCUT2D eigenvalue weighted by Crippen LogP contribution is -2.41. The molecule has 0 unspecified atom stereocenters. The zero-order valence-corrected chi connectivity index (χ0v) is 17.9. The summed E-state index contributed by atoms with van der Waals surface area (Å²) in [7, 11) is 0. The first kappa shape index (κ1) is 21.3. The zero-order valence-electron chi connectivity index (χ0n) is 17.9. The van der Waals surface area contributed by atoms with Gasteiger partial charge in [-0.2, -0.15) is 10.2 Å². The van der Waals surface area contributed by atoms with Gasteiger partial charge in [-0.05, 0) is 49.2 Å². The maximum Gasteiger partial charge on any atom is 0.269 e. The number of aryl methyl sites for hydroxylation is 2. The normalized spacial score (nSPS) is 14.3. The van der Waals surface area contributed by atoms with Gasteiger partial charge in [0, 0.05) is 19.3 Å². The SMILES string of the molecule is Cc1cccc(Oc2nc3c(C)cccn3c(=O)c2C=C(C#N)C(=O)N2CCOCC2)c1. The molecule has 162 valence electrons. The number of benzene rings is 1. The van der Waals surface area contributed by atoms with Crippen LogP contribution in [0.2, 0.25) is 0 Å². The second-order valence-electron chi connectivity index (χ2n) is 7.51. The Kier molecular flexibility index (Phi) is 6.01. The van der Waals surface area contributed by atoms with Gasteiger partial charge in [0.1, 0.15) is 28.6 Å². The summed E-state index contributed by atoms with van der Waals surface area (Å²) in [6, 6.07) is 12.9. The minimum atomic E-state index is -0.453. The lowest BCUT2D eigenvalue weighted by molar-refractivity contribution is -0.130. The molecule has 0 bridgehead atoms. The van der Waals surface area contributed by atoms with Crippen LogP contribution in [0.4, 0.5) is 0 Å². The van der Waals surface area contributed by atoms with Gasteiger partial charge in [0.2, 0.25) is 5.88 Å². The molecule has 0 spiro atoms. The lowest BCUT2D eigenvalue weighted by atomic mass is 10.1. The number of amides is 1. The van der Waals surface area contributed by atoms with Crippen molar-refractivity contribution in [1.29, 1.82) is 5.26 Å². The fourth-order valence-electron chi connectivity index (χ4n) is 3.51. The first-order valence-corrected chi connectivity index (χ1v) is 10.2. The van der Waals surface area contributed by atoms with E-state index >= 15 is 0 Å². The second kappa shape index (κ2) is 9.04. The Morgan fingerprint density at radius 1 is 1.22 bits per heavy atom. The summed E-state index contributed by atoms with van der Waals surface area (Å²) in [6.07, 6.45) is 2.87. The van der Waals surface area contributed by atoms with Crippen molar-refractivity contribution in [2.75, 3.05) is 26.3 Å². The third kappa shape index (κ3) is 4.24. The van der Waals surface area contributed by atoms with Crippen molar-refractivity contribution in [3.05, 3.63) is 75.2 Å². The van der Waals surface area contributed by atoms with Crippen LogP contribution in [-0.4, -0.2) is 46.5 Å². The first-order chi connectivity index (χ1) is 15.5. The van der Waals surface area contributed by atoms with Crippen molar-refractivity contribution in [3.63, 3.8) is 0 Å². The van der Waals surface area contributed by atoms with E-state index in [1.807, 2.05) is 44.2 Å². The number of hydrogen-bond donors (Lipinski definition) is 0. The summed E-state index contributed by atoms with van der Waals surface area (Å²) in [5.41, 5.74) is 1.66. The quantitative estimate of drug-likeness (QED) is 0.466. The number of nitrogens with zero attached hydrogens (tertiary/aromatic N) is 4. The van der Waals surface area contributed by atoms with E-state index in [2.05, 4.69) is 4.98 Å². The molecule has 0 aliphatic carbocycles. The van der Waals surface area contributed by atoms with E-state index in [1.54, 1.807) is 18.3 Å². The molecule has 0 N–H and O–H groups in total. The van der Waals surface area contributed by atoms with Crippen LogP contribution >= 0.6 is 0 Å². The topological polar surface area (TPSA) is 96.9 Å². The molecule has 3 aromatic rings. The van der Waals surface area contributed by atoms with E-state index in [1.165, 1.54) is 15.4 Å². The molecular formula is C24H22N4O4. The molecule has 0 radical (unpaired) electrons. The molecule has 1 aliphatic heterocycles. The number of morpholine rings is 1. The molecule has 2 aromatic heterocycles. The Bertz CT molecular complexity index is 1310. The minimum absolute atomic E-state index is 0.0350. The molecule has 1 aliphatic rings. The van der Waals surface area contributed by atoms with Crippen LogP contribution in [0.25, 0.3) is 11.7 Å². The van der Waals surface area contributed by atoms with Crippen molar-refractivity contribution in [1.82, 2.24) is 14.3 Å². The Morgan fingerprint density at radius 2 is 2.00 bits per heavy atom. The molecule has 1 aromatic carbocycles. The number of carbonyl (C=O) groups is 1. The molecule has 8 nitrogen and oxygen atoms in total. The van der Waals surface area contributed by atoms with Crippen molar-refractivity contribution in [2.24, 2.45) is 0 Å². The molecule has 32 heavy (non-hydrogen) atoms. The van der Waals surface area contributed by atoms with E-state index in [-0.39, 0.29) is 17.0 Å². The Morgan fingerprint density at radius 3 is 2.72 bits per heavy atom. The van der Waals surface area contributed by atoms with Gasteiger partial charge in [-0.3, -0.25) is 14.0 Å². The zero-order chi connectivity index (χ0) is 22.7. The lowest BCUT2D eigenvalue weighted by Gasteiger charge is -2.26. The summed E-state index contributed by atoms with van der Waals surface area (Å²) in [5, 5.41) is 9.69. The average molecular weight is 430 g/mol. The summed E-state index contributed by atoms with van der Waals surface area (Å²) >= 11 is 0. The molecule has 8 heteroatoms. The number of pyridine rings is 1. The van der Waals surface area contributed by atoms with Crippen molar-refractivity contribution >= 4 is 17.6 Å². The highest BCUT2D eigenvalue weighted by Crippen LogP contribution is 2.25. The highest BCUT2D eigenvalue weighted by molar-refractivity contribution is 6.02. The van der Waals surface area contributed by atoms with E-state index in [9.17, 15) is 14.9 Å². The van der Waals surface area contributed by atoms with Gasteiger partial charge < -0.3 is 14.4 Å². The third-order valence-corrected chi connectivity index (χ3v) is 5.19. The van der Waals surface area contributed by atoms with Gasteiger partial charge in [0.05, 0.1) is 13.2 Å². The van der Waals surface area contributed by atoms with Crippen LogP contribution in [0.15, 0.2) is 53.0 Å². The van der Waals surface area contributed by atoms with E-state index in [0.29, 0.717) is 37.7 Å². The fraction of sp³-hybridized carbons (Fsp3) is 0.250. The summed E-state index contributed by atoms with van der Waals surface area (Å²) in [6.45, 7) is 5.36. The molecular weight excluding hydrogens is 408 g/mol. The van der Waals surface area contributed by atoms with Crippen molar-refractivity contribution in [2.45, 2.75) is 13.8 Å². The van der Waals surface area contributed by atoms with Crippen LogP contribution in [0.5, 0.6) is 11.6 Å². The summed E-state index contributed by atoms with van der Waals surface area (Å²) < 4.78 is 12.6. The van der Waals surface area contributed by atoms with Gasteiger partial charge >= 0.3 is 0 Å². The third-order valence-electron chi connectivity index (χ3n) is 5.19. The van der Waals surface area contributed by atoms with Gasteiger partial charge in [-0.15, -0.1) is 0 Å². The molecule has 1 amide bonds. The Labute approximate surface area is 184 Å². The monoisotopic (exact) mass is 430 g/mol.